The van der Waals surface area contributed by atoms with Gasteiger partial charge in [-0.1, -0.05) is 19.0 Å². The summed E-state index contributed by atoms with van der Waals surface area (Å²) in [4.78, 5) is 27.3. The average molecular weight is 291 g/mol. The minimum absolute atomic E-state index is 0.160. The van der Waals surface area contributed by atoms with Crippen molar-refractivity contribution in [3.8, 4) is 0 Å². The first-order valence-electron chi connectivity index (χ1n) is 6.64. The lowest BCUT2D eigenvalue weighted by atomic mass is 10.0. The van der Waals surface area contributed by atoms with Crippen molar-refractivity contribution in [1.29, 1.82) is 0 Å². The van der Waals surface area contributed by atoms with Crippen LogP contribution >= 0.6 is 0 Å². The van der Waals surface area contributed by atoms with E-state index < -0.39 is 17.9 Å². The van der Waals surface area contributed by atoms with Crippen molar-refractivity contribution in [2.45, 2.75) is 33.2 Å². The van der Waals surface area contributed by atoms with E-state index in [0.717, 1.165) is 0 Å². The third-order valence-corrected chi connectivity index (χ3v) is 3.08. The highest BCUT2D eigenvalue weighted by molar-refractivity contribution is 5.98. The maximum absolute atomic E-state index is 12.2. The summed E-state index contributed by atoms with van der Waals surface area (Å²) in [5.74, 6) is -1.36. The van der Waals surface area contributed by atoms with Crippen LogP contribution < -0.4 is 5.32 Å². The Morgan fingerprint density at radius 2 is 2.14 bits per heavy atom. The Bertz CT molecular complexity index is 678. The molecular weight excluding hydrogens is 274 g/mol. The van der Waals surface area contributed by atoms with Gasteiger partial charge in [0.05, 0.1) is 16.6 Å². The van der Waals surface area contributed by atoms with Crippen LogP contribution in [0.5, 0.6) is 0 Å². The van der Waals surface area contributed by atoms with E-state index in [9.17, 15) is 9.59 Å². The van der Waals surface area contributed by atoms with Gasteiger partial charge in [-0.25, -0.2) is 9.78 Å². The molecule has 0 spiro atoms. The normalized spacial score (nSPS) is 12.6. The molecule has 0 fully saturated rings. The van der Waals surface area contributed by atoms with E-state index in [1.807, 2.05) is 13.8 Å². The Morgan fingerprint density at radius 3 is 2.76 bits per heavy atom. The van der Waals surface area contributed by atoms with Crippen molar-refractivity contribution < 1.29 is 19.2 Å². The minimum Gasteiger partial charge on any atom is -0.480 e. The maximum Gasteiger partial charge on any atom is 0.326 e. The van der Waals surface area contributed by atoms with Crippen molar-refractivity contribution in [3.63, 3.8) is 0 Å². The molecule has 2 heterocycles. The number of rotatable bonds is 5. The summed E-state index contributed by atoms with van der Waals surface area (Å²) in [5.41, 5.74) is 1.26. The number of aliphatic carboxylic acids is 1. The second-order valence-corrected chi connectivity index (χ2v) is 5.34. The maximum atomic E-state index is 12.2. The lowest BCUT2D eigenvalue weighted by Crippen LogP contribution is -2.41. The third-order valence-electron chi connectivity index (χ3n) is 3.08. The third kappa shape index (κ3) is 3.36. The van der Waals surface area contributed by atoms with Crippen LogP contribution in [0, 0.1) is 12.8 Å². The smallest absolute Gasteiger partial charge is 0.326 e. The molecule has 0 aliphatic rings. The molecule has 0 aliphatic carbocycles. The van der Waals surface area contributed by atoms with Crippen molar-refractivity contribution in [3.05, 3.63) is 23.5 Å². The molecule has 7 nitrogen and oxygen atoms in total. The van der Waals surface area contributed by atoms with Crippen LogP contribution in [0.15, 0.2) is 16.8 Å². The van der Waals surface area contributed by atoms with Crippen molar-refractivity contribution >= 4 is 23.0 Å². The van der Waals surface area contributed by atoms with Gasteiger partial charge in [-0.2, -0.15) is 0 Å². The number of amides is 1. The molecule has 2 rings (SSSR count). The van der Waals surface area contributed by atoms with Crippen LogP contribution in [-0.4, -0.2) is 33.2 Å². The molecule has 112 valence electrons. The van der Waals surface area contributed by atoms with Crippen LogP contribution in [-0.2, 0) is 4.79 Å². The largest absolute Gasteiger partial charge is 0.480 e. The fourth-order valence-electron chi connectivity index (χ4n) is 2.00. The summed E-state index contributed by atoms with van der Waals surface area (Å²) in [6.07, 6.45) is 1.71. The van der Waals surface area contributed by atoms with E-state index in [2.05, 4.69) is 15.5 Å². The number of pyridine rings is 1. The zero-order valence-corrected chi connectivity index (χ0v) is 12.1. The van der Waals surface area contributed by atoms with Gasteiger partial charge in [0.2, 0.25) is 0 Å². The SMILES string of the molecule is Cc1noc2ncc(C(=O)NC(CC(C)C)C(=O)O)cc12. The molecule has 0 saturated heterocycles. The number of carbonyl (C=O) groups is 2. The van der Waals surface area contributed by atoms with E-state index in [-0.39, 0.29) is 11.5 Å². The van der Waals surface area contributed by atoms with Gasteiger partial charge in [0.15, 0.2) is 0 Å². The van der Waals surface area contributed by atoms with Crippen LogP contribution in [0.2, 0.25) is 0 Å². The molecule has 0 radical (unpaired) electrons. The van der Waals surface area contributed by atoms with E-state index in [0.29, 0.717) is 23.2 Å². The van der Waals surface area contributed by atoms with Gasteiger partial charge in [0.1, 0.15) is 6.04 Å². The molecular formula is C14H17N3O4. The first-order chi connectivity index (χ1) is 9.88. The number of carboxylic acid groups (broad SMARTS) is 1. The van der Waals surface area contributed by atoms with Crippen molar-refractivity contribution in [1.82, 2.24) is 15.5 Å². The Labute approximate surface area is 121 Å². The van der Waals surface area contributed by atoms with Gasteiger partial charge in [0.25, 0.3) is 11.6 Å². The van der Waals surface area contributed by atoms with Gasteiger partial charge in [-0.15, -0.1) is 0 Å². The van der Waals surface area contributed by atoms with Gasteiger partial charge in [-0.3, -0.25) is 4.79 Å². The molecule has 0 aliphatic heterocycles. The zero-order chi connectivity index (χ0) is 15.6. The highest BCUT2D eigenvalue weighted by atomic mass is 16.5. The number of aryl methyl sites for hydroxylation is 1. The number of hydrogen-bond acceptors (Lipinski definition) is 5. The molecule has 0 saturated carbocycles. The number of carboxylic acids is 1. The van der Waals surface area contributed by atoms with Crippen LogP contribution in [0.4, 0.5) is 0 Å². The highest BCUT2D eigenvalue weighted by Crippen LogP contribution is 2.17. The van der Waals surface area contributed by atoms with Crippen molar-refractivity contribution in [2.75, 3.05) is 0 Å². The molecule has 2 N–H and O–H groups in total. The standard InChI is InChI=1S/C14H17N3O4/c1-7(2)4-11(14(19)20)16-12(18)9-5-10-8(3)17-21-13(10)15-6-9/h5-7,11H,4H2,1-3H3,(H,16,18)(H,19,20). The molecule has 0 aromatic carbocycles. The predicted octanol–water partition coefficient (Wildman–Crippen LogP) is 1.76. The Morgan fingerprint density at radius 1 is 1.43 bits per heavy atom. The van der Waals surface area contributed by atoms with Crippen LogP contribution in [0.1, 0.15) is 36.3 Å². The van der Waals surface area contributed by atoms with E-state index in [1.54, 1.807) is 13.0 Å². The Balaban J connectivity index is 2.20. The number of nitrogens with one attached hydrogen (secondary N) is 1. The van der Waals surface area contributed by atoms with Crippen molar-refractivity contribution in [2.24, 2.45) is 5.92 Å². The molecule has 21 heavy (non-hydrogen) atoms. The van der Waals surface area contributed by atoms with Gasteiger partial charge >= 0.3 is 5.97 Å². The van der Waals surface area contributed by atoms with Gasteiger partial charge < -0.3 is 14.9 Å². The lowest BCUT2D eigenvalue weighted by molar-refractivity contribution is -0.139. The van der Waals surface area contributed by atoms with Crippen LogP contribution in [0.25, 0.3) is 11.1 Å². The second kappa shape index (κ2) is 5.90. The lowest BCUT2D eigenvalue weighted by Gasteiger charge is -2.16. The monoisotopic (exact) mass is 291 g/mol. The summed E-state index contributed by atoms with van der Waals surface area (Å²) in [7, 11) is 0. The number of nitrogens with zero attached hydrogens (tertiary/aromatic N) is 2. The molecule has 7 heteroatoms. The summed E-state index contributed by atoms with van der Waals surface area (Å²) in [5, 5.41) is 16.1. The topological polar surface area (TPSA) is 105 Å². The molecule has 1 atom stereocenters. The number of carbonyl (C=O) groups excluding carboxylic acids is 1. The Kier molecular flexibility index (Phi) is 4.21. The second-order valence-electron chi connectivity index (χ2n) is 5.34. The molecule has 2 aromatic heterocycles. The van der Waals surface area contributed by atoms with E-state index in [4.69, 9.17) is 9.63 Å². The number of aromatic nitrogens is 2. The van der Waals surface area contributed by atoms with E-state index >= 15 is 0 Å². The summed E-state index contributed by atoms with van der Waals surface area (Å²) >= 11 is 0. The highest BCUT2D eigenvalue weighted by Gasteiger charge is 2.22. The Hall–Kier alpha value is -2.44. The summed E-state index contributed by atoms with van der Waals surface area (Å²) in [6.45, 7) is 5.54. The van der Waals surface area contributed by atoms with Crippen LogP contribution in [0.3, 0.4) is 0 Å². The first kappa shape index (κ1) is 15.0. The minimum atomic E-state index is -1.05. The fraction of sp³-hybridized carbons (Fsp3) is 0.429. The predicted molar refractivity (Wildman–Crippen MR) is 74.9 cm³/mol. The fourth-order valence-corrected chi connectivity index (χ4v) is 2.00. The molecule has 1 amide bonds. The molecule has 1 unspecified atom stereocenters. The molecule has 2 aromatic rings. The summed E-state index contributed by atoms with van der Waals surface area (Å²) < 4.78 is 4.97. The van der Waals surface area contributed by atoms with E-state index in [1.165, 1.54) is 6.20 Å². The number of fused-ring (bicyclic) bond motifs is 1. The quantitative estimate of drug-likeness (QED) is 0.869. The van der Waals surface area contributed by atoms with Gasteiger partial charge in [-0.05, 0) is 25.3 Å². The zero-order valence-electron chi connectivity index (χ0n) is 12.1. The summed E-state index contributed by atoms with van der Waals surface area (Å²) in [6, 6.07) is 0.675. The van der Waals surface area contributed by atoms with Gasteiger partial charge in [0, 0.05) is 6.20 Å². The average Bonchev–Trinajstić information content (AvgIpc) is 2.78. The molecule has 0 bridgehead atoms. The first-order valence-corrected chi connectivity index (χ1v) is 6.64. The number of hydrogen-bond donors (Lipinski definition) is 2.